The molecule has 1 aromatic heterocycles. The average Bonchev–Trinajstić information content (AvgIpc) is 2.61. The van der Waals surface area contributed by atoms with Crippen molar-refractivity contribution in [2.45, 2.75) is 33.8 Å². The molecule has 0 amide bonds. The van der Waals surface area contributed by atoms with Crippen molar-refractivity contribution in [3.8, 4) is 0 Å². The predicted molar refractivity (Wildman–Crippen MR) is 102 cm³/mol. The Balaban J connectivity index is 1.98. The van der Waals surface area contributed by atoms with E-state index in [9.17, 15) is 0 Å². The number of nitrogens with zero attached hydrogens (tertiary/aromatic N) is 5. The Morgan fingerprint density at radius 1 is 1.24 bits per heavy atom. The topological polar surface area (TPSA) is 65.9 Å². The van der Waals surface area contributed by atoms with E-state index >= 15 is 0 Å². The summed E-state index contributed by atoms with van der Waals surface area (Å²) >= 11 is 0. The van der Waals surface area contributed by atoms with Crippen molar-refractivity contribution in [1.82, 2.24) is 20.2 Å². The maximum absolute atomic E-state index is 5.63. The second kappa shape index (κ2) is 8.99. The Kier molecular flexibility index (Phi) is 6.99. The number of piperazine rings is 1. The zero-order valence-electron chi connectivity index (χ0n) is 16.2. The average molecular weight is 348 g/mol. The Hall–Kier alpha value is -1.89. The summed E-state index contributed by atoms with van der Waals surface area (Å²) in [5, 5.41) is 3.41. The Bertz CT molecular complexity index is 534. The van der Waals surface area contributed by atoms with E-state index < -0.39 is 0 Å². The molecule has 0 bridgehead atoms. The van der Waals surface area contributed by atoms with Gasteiger partial charge in [0.25, 0.3) is 0 Å². The molecule has 2 heterocycles. The van der Waals surface area contributed by atoms with E-state index in [1.54, 1.807) is 19.5 Å². The van der Waals surface area contributed by atoms with Crippen LogP contribution in [-0.4, -0.2) is 73.3 Å². The second-order valence-corrected chi connectivity index (χ2v) is 7.31. The highest BCUT2D eigenvalue weighted by Gasteiger charge is 2.25. The SMILES string of the molecule is CCNC(=NCC(OC)C(C)(C)C)N1CCN(c2ncccn2)CC1. The molecule has 7 heteroatoms. The summed E-state index contributed by atoms with van der Waals surface area (Å²) < 4.78 is 5.63. The van der Waals surface area contributed by atoms with Gasteiger partial charge < -0.3 is 19.9 Å². The molecule has 0 aromatic carbocycles. The van der Waals surface area contributed by atoms with Crippen molar-refractivity contribution >= 4 is 11.9 Å². The fourth-order valence-electron chi connectivity index (χ4n) is 2.87. The van der Waals surface area contributed by atoms with Gasteiger partial charge in [0.1, 0.15) is 0 Å². The van der Waals surface area contributed by atoms with Gasteiger partial charge in [0, 0.05) is 52.2 Å². The highest BCUT2D eigenvalue weighted by Crippen LogP contribution is 2.22. The minimum absolute atomic E-state index is 0.0684. The van der Waals surface area contributed by atoms with Crippen LogP contribution in [-0.2, 0) is 4.74 Å². The van der Waals surface area contributed by atoms with Crippen molar-refractivity contribution in [3.63, 3.8) is 0 Å². The normalized spacial score (nSPS) is 17.6. The number of methoxy groups -OCH3 is 1. The Labute approximate surface area is 151 Å². The van der Waals surface area contributed by atoms with Crippen LogP contribution in [0, 0.1) is 5.41 Å². The molecule has 7 nitrogen and oxygen atoms in total. The summed E-state index contributed by atoms with van der Waals surface area (Å²) in [5.41, 5.74) is 0.0684. The molecule has 25 heavy (non-hydrogen) atoms. The van der Waals surface area contributed by atoms with Crippen LogP contribution in [0.3, 0.4) is 0 Å². The highest BCUT2D eigenvalue weighted by atomic mass is 16.5. The third kappa shape index (κ3) is 5.56. The minimum atomic E-state index is 0.0684. The van der Waals surface area contributed by atoms with Crippen LogP contribution in [0.2, 0.25) is 0 Å². The van der Waals surface area contributed by atoms with Gasteiger partial charge in [0.15, 0.2) is 5.96 Å². The van der Waals surface area contributed by atoms with Crippen molar-refractivity contribution in [1.29, 1.82) is 0 Å². The fraction of sp³-hybridized carbons (Fsp3) is 0.722. The third-order valence-electron chi connectivity index (χ3n) is 4.41. The Morgan fingerprint density at radius 2 is 1.88 bits per heavy atom. The van der Waals surface area contributed by atoms with Crippen LogP contribution in [0.25, 0.3) is 0 Å². The van der Waals surface area contributed by atoms with E-state index in [0.717, 1.165) is 44.6 Å². The van der Waals surface area contributed by atoms with Crippen LogP contribution < -0.4 is 10.2 Å². The van der Waals surface area contributed by atoms with Crippen LogP contribution in [0.5, 0.6) is 0 Å². The summed E-state index contributed by atoms with van der Waals surface area (Å²) in [5.74, 6) is 1.76. The molecule has 1 saturated heterocycles. The molecule has 1 aliphatic rings. The maximum atomic E-state index is 5.63. The van der Waals surface area contributed by atoms with Gasteiger partial charge in [-0.3, -0.25) is 4.99 Å². The number of rotatable bonds is 5. The first-order valence-electron chi connectivity index (χ1n) is 9.03. The smallest absolute Gasteiger partial charge is 0.225 e. The van der Waals surface area contributed by atoms with Crippen LogP contribution in [0.15, 0.2) is 23.5 Å². The number of hydrogen-bond donors (Lipinski definition) is 1. The lowest BCUT2D eigenvalue weighted by atomic mass is 9.89. The van der Waals surface area contributed by atoms with Gasteiger partial charge in [0.2, 0.25) is 5.95 Å². The lowest BCUT2D eigenvalue weighted by Gasteiger charge is -2.37. The van der Waals surface area contributed by atoms with Crippen molar-refractivity contribution in [3.05, 3.63) is 18.5 Å². The molecular formula is C18H32N6O. The van der Waals surface area contributed by atoms with Crippen molar-refractivity contribution in [2.24, 2.45) is 10.4 Å². The number of aliphatic imine (C=N–C) groups is 1. The highest BCUT2D eigenvalue weighted by molar-refractivity contribution is 5.80. The van der Waals surface area contributed by atoms with Gasteiger partial charge in [-0.25, -0.2) is 9.97 Å². The van der Waals surface area contributed by atoms with Gasteiger partial charge >= 0.3 is 0 Å². The van der Waals surface area contributed by atoms with E-state index in [1.807, 2.05) is 6.07 Å². The summed E-state index contributed by atoms with van der Waals surface area (Å²) in [6.07, 6.45) is 3.68. The third-order valence-corrected chi connectivity index (χ3v) is 4.41. The van der Waals surface area contributed by atoms with Gasteiger partial charge in [-0.15, -0.1) is 0 Å². The van der Waals surface area contributed by atoms with Gasteiger partial charge in [-0.1, -0.05) is 20.8 Å². The first kappa shape index (κ1) is 19.4. The van der Waals surface area contributed by atoms with Gasteiger partial charge in [-0.2, -0.15) is 0 Å². The molecule has 0 radical (unpaired) electrons. The molecule has 140 valence electrons. The molecule has 0 saturated carbocycles. The molecular weight excluding hydrogens is 316 g/mol. The van der Waals surface area contributed by atoms with Crippen LogP contribution >= 0.6 is 0 Å². The zero-order chi connectivity index (χ0) is 18.3. The lowest BCUT2D eigenvalue weighted by molar-refractivity contribution is 0.0239. The number of aromatic nitrogens is 2. The van der Waals surface area contributed by atoms with Crippen molar-refractivity contribution < 1.29 is 4.74 Å². The molecule has 1 aliphatic heterocycles. The number of nitrogens with one attached hydrogen (secondary N) is 1. The standard InChI is InChI=1S/C18H32N6O/c1-6-19-16(22-14-15(25-5)18(2,3)4)23-10-12-24(13-11-23)17-20-8-7-9-21-17/h7-9,15H,6,10-14H2,1-5H3,(H,19,22). The summed E-state index contributed by atoms with van der Waals surface area (Å²) in [6.45, 7) is 13.7. The fourth-order valence-corrected chi connectivity index (χ4v) is 2.87. The van der Waals surface area contributed by atoms with Gasteiger partial charge in [0.05, 0.1) is 12.6 Å². The van der Waals surface area contributed by atoms with E-state index in [-0.39, 0.29) is 11.5 Å². The predicted octanol–water partition coefficient (Wildman–Crippen LogP) is 1.63. The first-order valence-corrected chi connectivity index (χ1v) is 9.03. The summed E-state index contributed by atoms with van der Waals surface area (Å²) in [7, 11) is 1.76. The zero-order valence-corrected chi connectivity index (χ0v) is 16.2. The molecule has 0 aliphatic carbocycles. The monoisotopic (exact) mass is 348 g/mol. The number of anilines is 1. The molecule has 1 unspecified atom stereocenters. The molecule has 1 aromatic rings. The first-order chi connectivity index (χ1) is 12.0. The Morgan fingerprint density at radius 3 is 2.40 bits per heavy atom. The van der Waals surface area contributed by atoms with Crippen LogP contribution in [0.1, 0.15) is 27.7 Å². The summed E-state index contributed by atoms with van der Waals surface area (Å²) in [6, 6.07) is 1.84. The van der Waals surface area contributed by atoms with E-state index in [1.165, 1.54) is 0 Å². The number of ether oxygens (including phenoxy) is 1. The molecule has 1 fully saturated rings. The van der Waals surface area contributed by atoms with Crippen LogP contribution in [0.4, 0.5) is 5.95 Å². The maximum Gasteiger partial charge on any atom is 0.225 e. The molecule has 1 atom stereocenters. The second-order valence-electron chi connectivity index (χ2n) is 7.31. The molecule has 0 spiro atoms. The van der Waals surface area contributed by atoms with E-state index in [4.69, 9.17) is 9.73 Å². The minimum Gasteiger partial charge on any atom is -0.379 e. The quantitative estimate of drug-likeness (QED) is 0.644. The molecule has 2 rings (SSSR count). The largest absolute Gasteiger partial charge is 0.379 e. The van der Waals surface area contributed by atoms with E-state index in [2.05, 4.69) is 52.8 Å². The number of guanidine groups is 1. The number of hydrogen-bond acceptors (Lipinski definition) is 5. The molecule has 1 N–H and O–H groups in total. The van der Waals surface area contributed by atoms with Gasteiger partial charge in [-0.05, 0) is 18.4 Å². The lowest BCUT2D eigenvalue weighted by Crippen LogP contribution is -2.53. The summed E-state index contributed by atoms with van der Waals surface area (Å²) in [4.78, 5) is 18.0. The van der Waals surface area contributed by atoms with Crippen molar-refractivity contribution in [2.75, 3.05) is 51.3 Å². The van der Waals surface area contributed by atoms with E-state index in [0.29, 0.717) is 6.54 Å².